The highest BCUT2D eigenvalue weighted by atomic mass is 32.1. The van der Waals surface area contributed by atoms with Gasteiger partial charge in [0, 0.05) is 0 Å². The molecule has 2 heterocycles. The number of nitrogens with zero attached hydrogens (tertiary/aromatic N) is 3. The molecule has 0 radical (unpaired) electrons. The van der Waals surface area contributed by atoms with E-state index >= 15 is 0 Å². The first kappa shape index (κ1) is 19.6. The molecular formula is C21H15FN4O3S. The van der Waals surface area contributed by atoms with Crippen molar-refractivity contribution in [3.05, 3.63) is 72.1 Å². The summed E-state index contributed by atoms with van der Waals surface area (Å²) in [6.45, 7) is 1.65. The van der Waals surface area contributed by atoms with Crippen LogP contribution in [-0.4, -0.2) is 28.5 Å². The van der Waals surface area contributed by atoms with Crippen molar-refractivity contribution in [3.8, 4) is 0 Å². The summed E-state index contributed by atoms with van der Waals surface area (Å²) >= 11 is 5.11. The van der Waals surface area contributed by atoms with Crippen molar-refractivity contribution in [3.63, 3.8) is 0 Å². The molecule has 30 heavy (non-hydrogen) atoms. The number of carbonyl (C=O) groups excluding carboxylic acids is 3. The third-order valence-electron chi connectivity index (χ3n) is 4.70. The second kappa shape index (κ2) is 7.60. The molecule has 1 saturated heterocycles. The first-order valence-electron chi connectivity index (χ1n) is 8.98. The van der Waals surface area contributed by atoms with E-state index in [-0.39, 0.29) is 16.6 Å². The Morgan fingerprint density at radius 3 is 2.37 bits per heavy atom. The second-order valence-corrected chi connectivity index (χ2v) is 7.05. The van der Waals surface area contributed by atoms with Gasteiger partial charge in [-0.2, -0.15) is 10.1 Å². The van der Waals surface area contributed by atoms with Crippen molar-refractivity contribution in [2.45, 2.75) is 6.92 Å². The maximum atomic E-state index is 13.2. The fraction of sp³-hybridized carbons (Fsp3) is 0.0952. The molecule has 4 rings (SSSR count). The molecule has 1 unspecified atom stereocenters. The summed E-state index contributed by atoms with van der Waals surface area (Å²) in [7, 11) is 0. The number of anilines is 2. The lowest BCUT2D eigenvalue weighted by Gasteiger charge is -2.29. The number of hydrogen-bond donors (Lipinski definition) is 1. The number of carbonyl (C=O) groups is 3. The van der Waals surface area contributed by atoms with Crippen LogP contribution in [0.1, 0.15) is 6.92 Å². The van der Waals surface area contributed by atoms with Crippen molar-refractivity contribution < 1.29 is 18.8 Å². The Morgan fingerprint density at radius 2 is 1.70 bits per heavy atom. The minimum Gasteiger partial charge on any atom is -0.298 e. The topological polar surface area (TPSA) is 82.1 Å². The molecule has 7 nitrogen and oxygen atoms in total. The van der Waals surface area contributed by atoms with Gasteiger partial charge in [0.1, 0.15) is 11.4 Å². The summed E-state index contributed by atoms with van der Waals surface area (Å²) in [6.07, 6.45) is 1.29. The molecular weight excluding hydrogens is 407 g/mol. The first-order chi connectivity index (χ1) is 14.4. The molecule has 9 heteroatoms. The van der Waals surface area contributed by atoms with Crippen LogP contribution in [0.15, 0.2) is 71.3 Å². The van der Waals surface area contributed by atoms with Crippen LogP contribution in [-0.2, 0) is 14.4 Å². The lowest BCUT2D eigenvalue weighted by molar-refractivity contribution is -0.122. The number of hydrogen-bond acceptors (Lipinski definition) is 5. The minimum atomic E-state index is -0.878. The van der Waals surface area contributed by atoms with E-state index in [4.69, 9.17) is 12.2 Å². The predicted molar refractivity (Wildman–Crippen MR) is 113 cm³/mol. The molecule has 0 aromatic heterocycles. The molecule has 2 aromatic rings. The van der Waals surface area contributed by atoms with Crippen LogP contribution in [0.2, 0.25) is 0 Å². The van der Waals surface area contributed by atoms with Crippen LogP contribution in [0.5, 0.6) is 0 Å². The zero-order valence-corrected chi connectivity index (χ0v) is 16.5. The van der Waals surface area contributed by atoms with Crippen LogP contribution in [0, 0.1) is 11.7 Å². The van der Waals surface area contributed by atoms with Gasteiger partial charge >= 0.3 is 0 Å². The minimum absolute atomic E-state index is 0.122. The van der Waals surface area contributed by atoms with Crippen molar-refractivity contribution in [2.24, 2.45) is 11.0 Å². The Balaban J connectivity index is 1.67. The van der Waals surface area contributed by atoms with Gasteiger partial charge in [-0.1, -0.05) is 18.2 Å². The number of halogens is 1. The zero-order valence-electron chi connectivity index (χ0n) is 15.7. The molecule has 1 atom stereocenters. The van der Waals surface area contributed by atoms with Crippen LogP contribution < -0.4 is 15.2 Å². The van der Waals surface area contributed by atoms with Gasteiger partial charge in [-0.25, -0.2) is 4.39 Å². The van der Waals surface area contributed by atoms with E-state index in [0.29, 0.717) is 17.1 Å². The molecule has 1 fully saturated rings. The van der Waals surface area contributed by atoms with Gasteiger partial charge < -0.3 is 0 Å². The zero-order chi connectivity index (χ0) is 21.4. The normalized spacial score (nSPS) is 20.7. The number of para-hydroxylation sites is 1. The van der Waals surface area contributed by atoms with E-state index < -0.39 is 23.5 Å². The third-order valence-corrected chi connectivity index (χ3v) is 4.99. The van der Waals surface area contributed by atoms with Crippen molar-refractivity contribution >= 4 is 52.1 Å². The predicted octanol–water partition coefficient (Wildman–Crippen LogP) is 2.54. The Bertz CT molecular complexity index is 1130. The largest absolute Gasteiger partial charge is 0.298 e. The number of nitrogens with one attached hydrogen (secondary N) is 1. The Kier molecular flexibility index (Phi) is 4.96. The van der Waals surface area contributed by atoms with E-state index in [0.717, 1.165) is 4.90 Å². The highest BCUT2D eigenvalue weighted by molar-refractivity contribution is 7.80. The van der Waals surface area contributed by atoms with Gasteiger partial charge in [0.25, 0.3) is 17.7 Å². The monoisotopic (exact) mass is 422 g/mol. The Morgan fingerprint density at radius 1 is 1.03 bits per heavy atom. The molecule has 2 aliphatic rings. The van der Waals surface area contributed by atoms with Gasteiger partial charge in [0.15, 0.2) is 5.11 Å². The molecule has 0 aliphatic carbocycles. The average Bonchev–Trinajstić information content (AvgIpc) is 3.01. The number of rotatable bonds is 3. The molecule has 3 amide bonds. The SMILES string of the molecule is CC1=NN(c2ccccc2)C(=O)C1/C=C1/C(=O)NC(=S)N(c2ccc(F)cc2)C1=O. The van der Waals surface area contributed by atoms with Gasteiger partial charge in [-0.3, -0.25) is 24.6 Å². The maximum absolute atomic E-state index is 13.2. The highest BCUT2D eigenvalue weighted by Gasteiger charge is 2.39. The molecule has 0 bridgehead atoms. The van der Waals surface area contributed by atoms with E-state index in [1.54, 1.807) is 31.2 Å². The lowest BCUT2D eigenvalue weighted by atomic mass is 9.98. The van der Waals surface area contributed by atoms with E-state index in [9.17, 15) is 18.8 Å². The summed E-state index contributed by atoms with van der Waals surface area (Å²) in [4.78, 5) is 39.5. The van der Waals surface area contributed by atoms with E-state index in [1.165, 1.54) is 35.4 Å². The van der Waals surface area contributed by atoms with Gasteiger partial charge in [-0.15, -0.1) is 0 Å². The van der Waals surface area contributed by atoms with Crippen molar-refractivity contribution in [1.82, 2.24) is 5.32 Å². The first-order valence-corrected chi connectivity index (χ1v) is 9.39. The fourth-order valence-electron chi connectivity index (χ4n) is 3.19. The van der Waals surface area contributed by atoms with Crippen molar-refractivity contribution in [2.75, 3.05) is 9.91 Å². The highest BCUT2D eigenvalue weighted by Crippen LogP contribution is 2.27. The van der Waals surface area contributed by atoms with Crippen molar-refractivity contribution in [1.29, 1.82) is 0 Å². The molecule has 0 saturated carbocycles. The smallest absolute Gasteiger partial charge is 0.269 e. The average molecular weight is 422 g/mol. The Labute approximate surface area is 176 Å². The quantitative estimate of drug-likeness (QED) is 0.468. The number of amides is 3. The summed E-state index contributed by atoms with van der Waals surface area (Å²) < 4.78 is 13.2. The standard InChI is InChI=1S/C21H15FN4O3S/c1-12-16(20(29)26(24-12)15-5-3-2-4-6-15)11-17-18(27)23-21(30)25(19(17)28)14-9-7-13(22)8-10-14/h2-11,16H,1H3,(H,23,27,30)/b17-11-. The summed E-state index contributed by atoms with van der Waals surface area (Å²) in [5, 5.41) is 7.83. The summed E-state index contributed by atoms with van der Waals surface area (Å²) in [5.41, 5.74) is 1.08. The summed E-state index contributed by atoms with van der Waals surface area (Å²) in [6, 6.07) is 13.9. The molecule has 2 aliphatic heterocycles. The van der Waals surface area contributed by atoms with Gasteiger partial charge in [0.2, 0.25) is 0 Å². The van der Waals surface area contributed by atoms with E-state index in [2.05, 4.69) is 10.4 Å². The van der Waals surface area contributed by atoms with Gasteiger partial charge in [0.05, 0.1) is 23.0 Å². The molecule has 2 aromatic carbocycles. The fourth-order valence-corrected chi connectivity index (χ4v) is 3.48. The van der Waals surface area contributed by atoms with Crippen LogP contribution in [0.25, 0.3) is 0 Å². The lowest BCUT2D eigenvalue weighted by Crippen LogP contribution is -2.54. The number of benzene rings is 2. The molecule has 1 N–H and O–H groups in total. The van der Waals surface area contributed by atoms with E-state index in [1.807, 2.05) is 6.07 Å². The number of thiocarbonyl (C=S) groups is 1. The number of hydrazone groups is 1. The van der Waals surface area contributed by atoms with Crippen LogP contribution in [0.4, 0.5) is 15.8 Å². The molecule has 150 valence electrons. The van der Waals surface area contributed by atoms with Crippen LogP contribution >= 0.6 is 12.2 Å². The maximum Gasteiger partial charge on any atom is 0.269 e. The van der Waals surface area contributed by atoms with Crippen LogP contribution in [0.3, 0.4) is 0 Å². The van der Waals surface area contributed by atoms with Gasteiger partial charge in [-0.05, 0) is 61.6 Å². The second-order valence-electron chi connectivity index (χ2n) is 6.66. The Hall–Kier alpha value is -3.72. The summed E-state index contributed by atoms with van der Waals surface area (Å²) in [5.74, 6) is -3.14. The third kappa shape index (κ3) is 3.39. The molecule has 0 spiro atoms.